The quantitative estimate of drug-likeness (QED) is 0.479. The first kappa shape index (κ1) is 11.9. The predicted octanol–water partition coefficient (Wildman–Crippen LogP) is 0.507. The molecule has 0 aromatic heterocycles. The number of hydrogen-bond acceptors (Lipinski definition) is 4. The van der Waals surface area contributed by atoms with Crippen molar-refractivity contribution in [3.8, 4) is 0 Å². The highest BCUT2D eigenvalue weighted by Crippen LogP contribution is 2.14. The third-order valence-corrected chi connectivity index (χ3v) is 1.14. The first-order valence-electron chi connectivity index (χ1n) is 3.79. The van der Waals surface area contributed by atoms with Gasteiger partial charge in [0.05, 0.1) is 5.41 Å². The maximum Gasteiger partial charge on any atom is 0.338 e. The average molecular weight is 189 g/mol. The second-order valence-corrected chi connectivity index (χ2v) is 3.46. The van der Waals surface area contributed by atoms with Crippen LogP contribution in [0.5, 0.6) is 0 Å². The van der Waals surface area contributed by atoms with Crippen LogP contribution in [0, 0.1) is 5.41 Å². The van der Waals surface area contributed by atoms with E-state index < -0.39 is 30.8 Å². The Morgan fingerprint density at radius 3 is 2.08 bits per heavy atom. The van der Waals surface area contributed by atoms with E-state index in [9.17, 15) is 14.7 Å². The van der Waals surface area contributed by atoms with Crippen LogP contribution in [-0.4, -0.2) is 25.3 Å². The largest absolute Gasteiger partial charge is 0.427 e. The van der Waals surface area contributed by atoms with Crippen LogP contribution in [0.15, 0.2) is 0 Å². The van der Waals surface area contributed by atoms with Crippen molar-refractivity contribution in [1.29, 1.82) is 0 Å². The van der Waals surface area contributed by atoms with Crippen molar-refractivity contribution in [3.05, 3.63) is 0 Å². The summed E-state index contributed by atoms with van der Waals surface area (Å²) < 4.78 is 8.82. The van der Waals surface area contributed by atoms with E-state index in [4.69, 9.17) is 0 Å². The van der Waals surface area contributed by atoms with Crippen molar-refractivity contribution < 1.29 is 24.2 Å². The van der Waals surface area contributed by atoms with Crippen LogP contribution in [0.3, 0.4) is 0 Å². The number of rotatable bonds is 3. The molecule has 0 aliphatic carbocycles. The minimum atomic E-state index is -0.965. The lowest BCUT2D eigenvalue weighted by Gasteiger charge is -2.15. The Labute approximate surface area is 76.6 Å². The van der Waals surface area contributed by atoms with E-state index in [0.29, 0.717) is 0 Å². The topological polar surface area (TPSA) is 72.5 Å². The summed E-state index contributed by atoms with van der Waals surface area (Å²) in [6, 6.07) is 0. The fraction of sp³-hybridized carbons (Fsp3) is 0.750. The lowest BCUT2D eigenvalue weighted by Crippen LogP contribution is -2.25. The highest BCUT2D eigenvalue weighted by Gasteiger charge is 2.23. The zero-order valence-corrected chi connectivity index (χ0v) is 7.96. The molecule has 0 fully saturated rings. The third-order valence-electron chi connectivity index (χ3n) is 1.14. The summed E-state index contributed by atoms with van der Waals surface area (Å²) in [6.07, 6.45) is 0. The van der Waals surface area contributed by atoms with Crippen LogP contribution in [0.2, 0.25) is 0 Å². The molecule has 0 saturated heterocycles. The Kier molecular flexibility index (Phi) is 4.40. The number of hydrogen-bond donors (Lipinski definition) is 0. The second-order valence-electron chi connectivity index (χ2n) is 3.46. The molecule has 0 aromatic carbocycles. The van der Waals surface area contributed by atoms with E-state index in [1.54, 1.807) is 20.8 Å². The van der Waals surface area contributed by atoms with E-state index in [1.165, 1.54) is 0 Å². The van der Waals surface area contributed by atoms with Gasteiger partial charge in [0, 0.05) is 0 Å². The van der Waals surface area contributed by atoms with Gasteiger partial charge in [0.15, 0.2) is 6.61 Å². The summed E-state index contributed by atoms with van der Waals surface area (Å²) in [4.78, 5) is 21.4. The average Bonchev–Trinajstić information content (AvgIpc) is 2.02. The summed E-state index contributed by atoms with van der Waals surface area (Å²) in [5.41, 5.74) is -0.635. The summed E-state index contributed by atoms with van der Waals surface area (Å²) in [5.74, 6) is -1.41. The maximum absolute atomic E-state index is 11.0. The van der Waals surface area contributed by atoms with Crippen LogP contribution < -0.4 is 0 Å². The molecule has 0 aliphatic rings. The molecular formula is C8H13O5. The minimum Gasteiger partial charge on any atom is -0.427 e. The molecule has 0 spiro atoms. The van der Waals surface area contributed by atoms with Gasteiger partial charge in [0.1, 0.15) is 0 Å². The molecule has 0 atom stereocenters. The van der Waals surface area contributed by atoms with Crippen molar-refractivity contribution in [3.63, 3.8) is 0 Å². The van der Waals surface area contributed by atoms with E-state index in [2.05, 4.69) is 9.47 Å². The zero-order valence-electron chi connectivity index (χ0n) is 7.96. The molecular weight excluding hydrogens is 176 g/mol. The molecule has 0 bridgehead atoms. The molecule has 0 N–H and O–H groups in total. The number of ether oxygens (including phenoxy) is 2. The van der Waals surface area contributed by atoms with Crippen LogP contribution in [0.25, 0.3) is 0 Å². The molecule has 0 aromatic rings. The van der Waals surface area contributed by atoms with Gasteiger partial charge >= 0.3 is 11.9 Å². The molecule has 75 valence electrons. The van der Waals surface area contributed by atoms with E-state index in [1.807, 2.05) is 0 Å². The first-order chi connectivity index (χ1) is 5.88. The van der Waals surface area contributed by atoms with E-state index in [-0.39, 0.29) is 0 Å². The molecule has 5 heteroatoms. The summed E-state index contributed by atoms with van der Waals surface area (Å²) >= 11 is 0. The van der Waals surface area contributed by atoms with Gasteiger partial charge in [-0.05, 0) is 20.8 Å². The maximum atomic E-state index is 11.0. The van der Waals surface area contributed by atoms with Crippen LogP contribution >= 0.6 is 0 Å². The second kappa shape index (κ2) is 4.81. The normalized spacial score (nSPS) is 10.8. The fourth-order valence-corrected chi connectivity index (χ4v) is 0.407. The molecule has 13 heavy (non-hydrogen) atoms. The Hall–Kier alpha value is -1.10. The summed E-state index contributed by atoms with van der Waals surface area (Å²) in [6.45, 7) is 3.56. The fourth-order valence-electron chi connectivity index (χ4n) is 0.407. The van der Waals surface area contributed by atoms with Crippen molar-refractivity contribution >= 4 is 11.9 Å². The Balaban J connectivity index is 3.67. The smallest absolute Gasteiger partial charge is 0.338 e. The lowest BCUT2D eigenvalue weighted by molar-refractivity contribution is -0.175. The van der Waals surface area contributed by atoms with Gasteiger partial charge in [-0.1, -0.05) is 0 Å². The Morgan fingerprint density at radius 2 is 1.69 bits per heavy atom. The molecule has 1 radical (unpaired) electrons. The van der Waals surface area contributed by atoms with Crippen LogP contribution in [-0.2, 0) is 24.2 Å². The molecule has 0 amide bonds. The molecule has 0 saturated carbocycles. The van der Waals surface area contributed by atoms with Crippen molar-refractivity contribution in [2.75, 3.05) is 13.4 Å². The monoisotopic (exact) mass is 189 g/mol. The minimum absolute atomic E-state index is 0.480. The Morgan fingerprint density at radius 1 is 1.15 bits per heavy atom. The SMILES string of the molecule is CC(C)(C)C(=O)OCOC(=O)C[O]. The van der Waals surface area contributed by atoms with E-state index in [0.717, 1.165) is 0 Å². The number of carbonyl (C=O) groups is 2. The third kappa shape index (κ3) is 5.19. The molecule has 5 nitrogen and oxygen atoms in total. The molecule has 0 heterocycles. The van der Waals surface area contributed by atoms with Crippen molar-refractivity contribution in [2.45, 2.75) is 20.8 Å². The van der Waals surface area contributed by atoms with Gasteiger partial charge in [-0.2, -0.15) is 0 Å². The number of carbonyl (C=O) groups excluding carboxylic acids is 2. The molecule has 0 unspecified atom stereocenters. The Bertz CT molecular complexity index is 191. The number of esters is 2. The predicted molar refractivity (Wildman–Crippen MR) is 42.1 cm³/mol. The summed E-state index contributed by atoms with van der Waals surface area (Å²) in [7, 11) is 0. The highest BCUT2D eigenvalue weighted by molar-refractivity contribution is 5.75. The lowest BCUT2D eigenvalue weighted by atomic mass is 9.98. The van der Waals surface area contributed by atoms with Crippen LogP contribution in [0.4, 0.5) is 0 Å². The first-order valence-corrected chi connectivity index (χ1v) is 3.79. The zero-order chi connectivity index (χ0) is 10.5. The van der Waals surface area contributed by atoms with Gasteiger partial charge in [0.2, 0.25) is 6.79 Å². The molecule has 0 aliphatic heterocycles. The standard InChI is InChI=1S/C8H13O5/c1-8(2,3)7(11)13-5-12-6(10)4-9/h4-5H2,1-3H3. The summed E-state index contributed by atoms with van der Waals surface area (Å²) in [5, 5.41) is 9.89. The van der Waals surface area contributed by atoms with Gasteiger partial charge in [-0.3, -0.25) is 4.79 Å². The van der Waals surface area contributed by atoms with Gasteiger partial charge in [0.25, 0.3) is 0 Å². The van der Waals surface area contributed by atoms with Gasteiger partial charge < -0.3 is 9.47 Å². The molecule has 0 rings (SSSR count). The van der Waals surface area contributed by atoms with E-state index >= 15 is 0 Å². The van der Waals surface area contributed by atoms with Crippen molar-refractivity contribution in [2.24, 2.45) is 5.41 Å². The van der Waals surface area contributed by atoms with Crippen LogP contribution in [0.1, 0.15) is 20.8 Å². The van der Waals surface area contributed by atoms with Crippen molar-refractivity contribution in [1.82, 2.24) is 0 Å². The van der Waals surface area contributed by atoms with Gasteiger partial charge in [-0.25, -0.2) is 9.90 Å². The van der Waals surface area contributed by atoms with Gasteiger partial charge in [-0.15, -0.1) is 0 Å². The highest BCUT2D eigenvalue weighted by atomic mass is 16.7.